The van der Waals surface area contributed by atoms with E-state index in [0.29, 0.717) is 23.3 Å². The summed E-state index contributed by atoms with van der Waals surface area (Å²) in [7, 11) is 0. The Kier molecular flexibility index (Phi) is 3.93. The van der Waals surface area contributed by atoms with E-state index in [2.05, 4.69) is 19.9 Å². The molecule has 0 aromatic rings. The van der Waals surface area contributed by atoms with E-state index < -0.39 is 5.60 Å². The van der Waals surface area contributed by atoms with Crippen LogP contribution >= 0.6 is 11.6 Å². The Bertz CT molecular complexity index is 903. The standard InChI is InChI=1S/C24H29ClO4/c1-12(26)24(29-13(2)27)8-6-16-14-10-20(25)19-11-21(28)15-9-18(15)23(19,4)17(14)5-7-22(16,24)3/h10-11,14-18H,5-9H2,1-4H3/t14?,15-,16?,17?,18?,22?,23?,24+/m1/s1. The predicted molar refractivity (Wildman–Crippen MR) is 109 cm³/mol. The molecule has 156 valence electrons. The second-order valence-electron chi connectivity index (χ2n) is 10.5. The maximum atomic E-state index is 12.8. The van der Waals surface area contributed by atoms with Gasteiger partial charge in [-0.15, -0.1) is 0 Å². The van der Waals surface area contributed by atoms with Gasteiger partial charge in [-0.2, -0.15) is 0 Å². The summed E-state index contributed by atoms with van der Waals surface area (Å²) in [5.41, 5.74) is -0.455. The highest BCUT2D eigenvalue weighted by molar-refractivity contribution is 6.32. The van der Waals surface area contributed by atoms with Crippen LogP contribution in [0.1, 0.15) is 59.8 Å². The third kappa shape index (κ3) is 2.24. The summed E-state index contributed by atoms with van der Waals surface area (Å²) < 4.78 is 5.82. The smallest absolute Gasteiger partial charge is 0.303 e. The van der Waals surface area contributed by atoms with Gasteiger partial charge in [-0.05, 0) is 74.3 Å². The zero-order chi connectivity index (χ0) is 20.9. The van der Waals surface area contributed by atoms with E-state index in [1.165, 1.54) is 6.92 Å². The Morgan fingerprint density at radius 3 is 2.45 bits per heavy atom. The highest BCUT2D eigenvalue weighted by atomic mass is 35.5. The number of esters is 1. The average molecular weight is 417 g/mol. The molecule has 0 aromatic heterocycles. The molecule has 3 saturated carbocycles. The van der Waals surface area contributed by atoms with Crippen LogP contribution in [-0.2, 0) is 19.1 Å². The second kappa shape index (κ2) is 5.84. The fourth-order valence-electron chi connectivity index (χ4n) is 8.03. The van der Waals surface area contributed by atoms with E-state index in [4.69, 9.17) is 16.3 Å². The minimum Gasteiger partial charge on any atom is -0.451 e. The van der Waals surface area contributed by atoms with Crippen molar-refractivity contribution in [3.63, 3.8) is 0 Å². The Labute approximate surface area is 177 Å². The molecule has 6 unspecified atom stereocenters. The summed E-state index contributed by atoms with van der Waals surface area (Å²) in [5, 5.41) is 0.713. The fraction of sp³-hybridized carbons (Fsp3) is 0.708. The van der Waals surface area contributed by atoms with Crippen LogP contribution in [0.4, 0.5) is 0 Å². The first kappa shape index (κ1) is 19.5. The Morgan fingerprint density at radius 1 is 1.10 bits per heavy atom. The molecule has 0 radical (unpaired) electrons. The van der Waals surface area contributed by atoms with Crippen LogP contribution < -0.4 is 0 Å². The second-order valence-corrected chi connectivity index (χ2v) is 10.9. The van der Waals surface area contributed by atoms with Crippen molar-refractivity contribution < 1.29 is 19.1 Å². The van der Waals surface area contributed by atoms with Crippen molar-refractivity contribution >= 4 is 29.1 Å². The molecule has 0 heterocycles. The first-order chi connectivity index (χ1) is 13.6. The number of hydrogen-bond acceptors (Lipinski definition) is 4. The molecule has 3 fully saturated rings. The number of allylic oxidation sites excluding steroid dienone is 4. The minimum absolute atomic E-state index is 0.0423. The van der Waals surface area contributed by atoms with E-state index in [0.717, 1.165) is 31.3 Å². The first-order valence-corrected chi connectivity index (χ1v) is 11.3. The van der Waals surface area contributed by atoms with Gasteiger partial charge < -0.3 is 4.74 Å². The SMILES string of the molecule is CC(=O)O[C@]1(C(C)=O)CCC2C3C=C(Cl)C4=CC(=O)[C@@H]5CC5C4(C)C3CCC21C. The van der Waals surface area contributed by atoms with Crippen molar-refractivity contribution in [2.24, 2.45) is 40.4 Å². The van der Waals surface area contributed by atoms with Crippen molar-refractivity contribution in [2.75, 3.05) is 0 Å². The van der Waals surface area contributed by atoms with Gasteiger partial charge in [0.2, 0.25) is 0 Å². The van der Waals surface area contributed by atoms with Crippen molar-refractivity contribution in [3.8, 4) is 0 Å². The van der Waals surface area contributed by atoms with E-state index in [1.807, 2.05) is 6.08 Å². The topological polar surface area (TPSA) is 60.4 Å². The number of Topliss-reactive ketones (excluding diaryl/α,β-unsaturated/α-hetero) is 1. The molecule has 0 spiro atoms. The lowest BCUT2D eigenvalue weighted by molar-refractivity contribution is -0.185. The fourth-order valence-corrected chi connectivity index (χ4v) is 8.43. The van der Waals surface area contributed by atoms with Crippen LogP contribution in [0.5, 0.6) is 0 Å². The third-order valence-electron chi connectivity index (χ3n) is 9.50. The molecule has 5 rings (SSSR count). The molecule has 4 nitrogen and oxygen atoms in total. The van der Waals surface area contributed by atoms with E-state index in [-0.39, 0.29) is 46.1 Å². The van der Waals surface area contributed by atoms with Gasteiger partial charge >= 0.3 is 5.97 Å². The number of hydrogen-bond donors (Lipinski definition) is 0. The highest BCUT2D eigenvalue weighted by Crippen LogP contribution is 2.72. The summed E-state index contributed by atoms with van der Waals surface area (Å²) >= 11 is 6.79. The summed E-state index contributed by atoms with van der Waals surface area (Å²) in [6, 6.07) is 0. The number of halogens is 1. The molecule has 5 aliphatic carbocycles. The number of carbonyl (C=O) groups excluding carboxylic acids is 3. The van der Waals surface area contributed by atoms with Crippen LogP contribution in [0.15, 0.2) is 22.8 Å². The van der Waals surface area contributed by atoms with Crippen LogP contribution in [0.2, 0.25) is 0 Å². The lowest BCUT2D eigenvalue weighted by atomic mass is 9.47. The summed E-state index contributed by atoms with van der Waals surface area (Å²) in [4.78, 5) is 37.1. The molecular formula is C24H29ClO4. The van der Waals surface area contributed by atoms with Crippen molar-refractivity contribution in [1.82, 2.24) is 0 Å². The quantitative estimate of drug-likeness (QED) is 0.617. The first-order valence-electron chi connectivity index (χ1n) is 10.9. The number of carbonyl (C=O) groups is 3. The molecule has 0 aliphatic heterocycles. The van der Waals surface area contributed by atoms with Crippen LogP contribution in [-0.4, -0.2) is 23.1 Å². The highest BCUT2D eigenvalue weighted by Gasteiger charge is 2.70. The number of ketones is 2. The van der Waals surface area contributed by atoms with Gasteiger partial charge in [0.05, 0.1) is 0 Å². The van der Waals surface area contributed by atoms with E-state index >= 15 is 0 Å². The van der Waals surface area contributed by atoms with Gasteiger partial charge in [-0.3, -0.25) is 14.4 Å². The number of ether oxygens (including phenoxy) is 1. The van der Waals surface area contributed by atoms with Gasteiger partial charge in [0.15, 0.2) is 17.2 Å². The third-order valence-corrected chi connectivity index (χ3v) is 9.83. The van der Waals surface area contributed by atoms with E-state index in [9.17, 15) is 14.4 Å². The van der Waals surface area contributed by atoms with Crippen molar-refractivity contribution in [3.05, 3.63) is 22.8 Å². The Morgan fingerprint density at radius 2 is 1.79 bits per heavy atom. The maximum absolute atomic E-state index is 12.8. The van der Waals surface area contributed by atoms with Gasteiger partial charge in [-0.1, -0.05) is 31.5 Å². The molecule has 0 aromatic carbocycles. The molecule has 0 N–H and O–H groups in total. The normalized spacial score (nSPS) is 49.7. The zero-order valence-corrected chi connectivity index (χ0v) is 18.3. The Balaban J connectivity index is 1.60. The zero-order valence-electron chi connectivity index (χ0n) is 17.6. The predicted octanol–water partition coefficient (Wildman–Crippen LogP) is 4.61. The van der Waals surface area contributed by atoms with Crippen LogP contribution in [0, 0.1) is 40.4 Å². The van der Waals surface area contributed by atoms with Crippen LogP contribution in [0.25, 0.3) is 0 Å². The lowest BCUT2D eigenvalue weighted by Gasteiger charge is -2.57. The minimum atomic E-state index is -1.03. The molecule has 0 amide bonds. The van der Waals surface area contributed by atoms with Gasteiger partial charge in [0.25, 0.3) is 0 Å². The number of fused-ring (bicyclic) bond motifs is 7. The van der Waals surface area contributed by atoms with Crippen molar-refractivity contribution in [1.29, 1.82) is 0 Å². The lowest BCUT2D eigenvalue weighted by Crippen LogP contribution is -2.58. The van der Waals surface area contributed by atoms with Gasteiger partial charge in [0.1, 0.15) is 0 Å². The van der Waals surface area contributed by atoms with E-state index in [1.54, 1.807) is 6.92 Å². The molecular weight excluding hydrogens is 388 g/mol. The largest absolute Gasteiger partial charge is 0.451 e. The summed E-state index contributed by atoms with van der Waals surface area (Å²) in [5.74, 6) is 1.27. The molecule has 5 aliphatic rings. The van der Waals surface area contributed by atoms with Crippen molar-refractivity contribution in [2.45, 2.75) is 65.4 Å². The maximum Gasteiger partial charge on any atom is 0.303 e. The van der Waals surface area contributed by atoms with Crippen LogP contribution in [0.3, 0.4) is 0 Å². The Hall–Kier alpha value is -1.42. The number of rotatable bonds is 2. The molecule has 8 atom stereocenters. The summed E-state index contributed by atoms with van der Waals surface area (Å²) in [6.45, 7) is 7.42. The molecule has 5 heteroatoms. The monoisotopic (exact) mass is 416 g/mol. The average Bonchev–Trinajstić information content (AvgIpc) is 3.39. The molecule has 29 heavy (non-hydrogen) atoms. The summed E-state index contributed by atoms with van der Waals surface area (Å²) in [6.07, 6.45) is 8.18. The molecule has 0 bridgehead atoms. The van der Waals surface area contributed by atoms with Gasteiger partial charge in [0, 0.05) is 28.7 Å². The van der Waals surface area contributed by atoms with Gasteiger partial charge in [-0.25, -0.2) is 0 Å². The molecule has 0 saturated heterocycles.